The molecule has 0 saturated heterocycles. The standard InChI is InChI=1S/C12H27N3O/c1-12(2,11(13)14)7-9-15(3)8-5-4-6-10-16/h16H,4-10H2,1-3H3,(H3,13,14). The molecule has 96 valence electrons. The maximum Gasteiger partial charge on any atom is 0.0963 e. The molecule has 4 heteroatoms. The highest BCUT2D eigenvalue weighted by Crippen LogP contribution is 2.19. The quantitative estimate of drug-likeness (QED) is 0.318. The Bertz CT molecular complexity index is 204. The van der Waals surface area contributed by atoms with Crippen molar-refractivity contribution in [1.29, 1.82) is 5.41 Å². The van der Waals surface area contributed by atoms with Crippen molar-refractivity contribution < 1.29 is 5.11 Å². The van der Waals surface area contributed by atoms with Crippen LogP contribution in [0.2, 0.25) is 0 Å². The largest absolute Gasteiger partial charge is 0.396 e. The SMILES string of the molecule is CN(CCCCCO)CCC(C)(C)C(=N)N. The Kier molecular flexibility index (Phi) is 7.34. The van der Waals surface area contributed by atoms with E-state index in [0.717, 1.165) is 38.8 Å². The van der Waals surface area contributed by atoms with Gasteiger partial charge < -0.3 is 15.7 Å². The van der Waals surface area contributed by atoms with Crippen molar-refractivity contribution in [2.75, 3.05) is 26.7 Å². The van der Waals surface area contributed by atoms with Gasteiger partial charge in [-0.05, 0) is 45.8 Å². The summed E-state index contributed by atoms with van der Waals surface area (Å²) in [7, 11) is 2.09. The van der Waals surface area contributed by atoms with Crippen molar-refractivity contribution in [2.24, 2.45) is 11.1 Å². The third kappa shape index (κ3) is 6.80. The second kappa shape index (κ2) is 7.63. The second-order valence-corrected chi connectivity index (χ2v) is 5.14. The predicted octanol–water partition coefficient (Wildman–Crippen LogP) is 1.43. The average Bonchev–Trinajstić information content (AvgIpc) is 2.21. The Hall–Kier alpha value is -0.610. The number of nitrogens with two attached hydrogens (primary N) is 1. The molecule has 0 spiro atoms. The van der Waals surface area contributed by atoms with Crippen LogP contribution < -0.4 is 5.73 Å². The zero-order valence-electron chi connectivity index (χ0n) is 10.9. The fourth-order valence-electron chi connectivity index (χ4n) is 1.39. The number of hydrogen-bond donors (Lipinski definition) is 3. The molecule has 0 unspecified atom stereocenters. The van der Waals surface area contributed by atoms with Crippen LogP contribution in [0.25, 0.3) is 0 Å². The monoisotopic (exact) mass is 229 g/mol. The van der Waals surface area contributed by atoms with Gasteiger partial charge in [-0.25, -0.2) is 0 Å². The van der Waals surface area contributed by atoms with Gasteiger partial charge in [0.2, 0.25) is 0 Å². The zero-order chi connectivity index (χ0) is 12.6. The van der Waals surface area contributed by atoms with Crippen LogP contribution in [-0.2, 0) is 0 Å². The van der Waals surface area contributed by atoms with E-state index in [9.17, 15) is 0 Å². The van der Waals surface area contributed by atoms with Gasteiger partial charge in [-0.1, -0.05) is 13.8 Å². The maximum absolute atomic E-state index is 8.65. The van der Waals surface area contributed by atoms with Crippen LogP contribution in [0.1, 0.15) is 39.5 Å². The zero-order valence-corrected chi connectivity index (χ0v) is 10.9. The van der Waals surface area contributed by atoms with E-state index in [4.69, 9.17) is 16.2 Å². The Morgan fingerprint density at radius 3 is 2.38 bits per heavy atom. The molecule has 0 rings (SSSR count). The highest BCUT2D eigenvalue weighted by molar-refractivity contribution is 5.82. The molecule has 0 aromatic rings. The summed E-state index contributed by atoms with van der Waals surface area (Å²) < 4.78 is 0. The molecule has 0 saturated carbocycles. The number of hydrogen-bond acceptors (Lipinski definition) is 3. The number of nitrogens with one attached hydrogen (secondary N) is 1. The lowest BCUT2D eigenvalue weighted by atomic mass is 9.88. The molecule has 0 aliphatic rings. The highest BCUT2D eigenvalue weighted by Gasteiger charge is 2.21. The molecule has 16 heavy (non-hydrogen) atoms. The van der Waals surface area contributed by atoms with Gasteiger partial charge in [0.15, 0.2) is 0 Å². The number of rotatable bonds is 9. The fraction of sp³-hybridized carbons (Fsp3) is 0.917. The summed E-state index contributed by atoms with van der Waals surface area (Å²) in [5, 5.41) is 16.1. The highest BCUT2D eigenvalue weighted by atomic mass is 16.2. The summed E-state index contributed by atoms with van der Waals surface area (Å²) in [5.41, 5.74) is 5.34. The Morgan fingerprint density at radius 2 is 1.88 bits per heavy atom. The van der Waals surface area contributed by atoms with Gasteiger partial charge in [-0.15, -0.1) is 0 Å². The molecule has 0 bridgehead atoms. The van der Waals surface area contributed by atoms with Crippen LogP contribution in [0.15, 0.2) is 0 Å². The summed E-state index contributed by atoms with van der Waals surface area (Å²) >= 11 is 0. The first-order valence-corrected chi connectivity index (χ1v) is 6.04. The van der Waals surface area contributed by atoms with Crippen LogP contribution in [0.5, 0.6) is 0 Å². The van der Waals surface area contributed by atoms with Gasteiger partial charge in [0, 0.05) is 12.0 Å². The molecule has 0 heterocycles. The van der Waals surface area contributed by atoms with Crippen molar-refractivity contribution >= 4 is 5.84 Å². The predicted molar refractivity (Wildman–Crippen MR) is 68.7 cm³/mol. The van der Waals surface area contributed by atoms with E-state index in [0.29, 0.717) is 6.61 Å². The number of amidine groups is 1. The molecule has 0 radical (unpaired) electrons. The fourth-order valence-corrected chi connectivity index (χ4v) is 1.39. The molecule has 0 atom stereocenters. The van der Waals surface area contributed by atoms with Crippen molar-refractivity contribution in [1.82, 2.24) is 4.90 Å². The summed E-state index contributed by atoms with van der Waals surface area (Å²) in [6.07, 6.45) is 4.01. The van der Waals surface area contributed by atoms with Gasteiger partial charge in [0.1, 0.15) is 0 Å². The molecule has 4 nitrogen and oxygen atoms in total. The van der Waals surface area contributed by atoms with E-state index in [2.05, 4.69) is 11.9 Å². The van der Waals surface area contributed by atoms with Gasteiger partial charge in [-0.2, -0.15) is 0 Å². The smallest absolute Gasteiger partial charge is 0.0963 e. The molecule has 0 aliphatic heterocycles. The number of aliphatic hydroxyl groups excluding tert-OH is 1. The van der Waals surface area contributed by atoms with E-state index in [1.165, 1.54) is 0 Å². The molecule has 0 fully saturated rings. The molecule has 4 N–H and O–H groups in total. The summed E-state index contributed by atoms with van der Waals surface area (Å²) in [4.78, 5) is 2.27. The number of nitrogens with zero attached hydrogens (tertiary/aromatic N) is 1. The summed E-state index contributed by atoms with van der Waals surface area (Å²) in [6.45, 7) is 6.32. The summed E-state index contributed by atoms with van der Waals surface area (Å²) in [5.74, 6) is 0.265. The van der Waals surface area contributed by atoms with Crippen LogP contribution in [0.4, 0.5) is 0 Å². The van der Waals surface area contributed by atoms with Crippen LogP contribution in [-0.4, -0.2) is 42.6 Å². The number of unbranched alkanes of at least 4 members (excludes halogenated alkanes) is 2. The van der Waals surface area contributed by atoms with Crippen LogP contribution in [0, 0.1) is 10.8 Å². The van der Waals surface area contributed by atoms with Crippen molar-refractivity contribution in [3.63, 3.8) is 0 Å². The molecule has 0 amide bonds. The third-order valence-electron chi connectivity index (χ3n) is 3.05. The van der Waals surface area contributed by atoms with E-state index in [-0.39, 0.29) is 11.3 Å². The minimum Gasteiger partial charge on any atom is -0.396 e. The van der Waals surface area contributed by atoms with E-state index in [1.807, 2.05) is 13.8 Å². The molecule has 0 aliphatic carbocycles. The molecule has 0 aromatic heterocycles. The van der Waals surface area contributed by atoms with Crippen LogP contribution >= 0.6 is 0 Å². The Balaban J connectivity index is 3.64. The van der Waals surface area contributed by atoms with Gasteiger partial charge in [0.05, 0.1) is 5.84 Å². The first-order valence-electron chi connectivity index (χ1n) is 6.04. The number of aliphatic hydroxyl groups is 1. The lowest BCUT2D eigenvalue weighted by Crippen LogP contribution is -2.34. The third-order valence-corrected chi connectivity index (χ3v) is 3.05. The minimum atomic E-state index is -0.195. The van der Waals surface area contributed by atoms with Gasteiger partial charge >= 0.3 is 0 Å². The normalized spacial score (nSPS) is 12.1. The first kappa shape index (κ1) is 15.4. The topological polar surface area (TPSA) is 73.3 Å². The van der Waals surface area contributed by atoms with Crippen molar-refractivity contribution in [2.45, 2.75) is 39.5 Å². The Labute approximate surface area is 99.3 Å². The first-order chi connectivity index (χ1) is 7.40. The van der Waals surface area contributed by atoms with E-state index >= 15 is 0 Å². The molecular formula is C12H27N3O. The Morgan fingerprint density at radius 1 is 1.25 bits per heavy atom. The van der Waals surface area contributed by atoms with Gasteiger partial charge in [-0.3, -0.25) is 5.41 Å². The minimum absolute atomic E-state index is 0.195. The van der Waals surface area contributed by atoms with E-state index in [1.54, 1.807) is 0 Å². The summed E-state index contributed by atoms with van der Waals surface area (Å²) in [6, 6.07) is 0. The van der Waals surface area contributed by atoms with Crippen LogP contribution in [0.3, 0.4) is 0 Å². The lowest BCUT2D eigenvalue weighted by Gasteiger charge is -2.26. The van der Waals surface area contributed by atoms with E-state index < -0.39 is 0 Å². The molecule has 0 aromatic carbocycles. The molecular weight excluding hydrogens is 202 g/mol. The average molecular weight is 229 g/mol. The van der Waals surface area contributed by atoms with Gasteiger partial charge in [0.25, 0.3) is 0 Å². The van der Waals surface area contributed by atoms with Crippen molar-refractivity contribution in [3.8, 4) is 0 Å². The lowest BCUT2D eigenvalue weighted by molar-refractivity contribution is 0.263. The van der Waals surface area contributed by atoms with Crippen molar-refractivity contribution in [3.05, 3.63) is 0 Å². The maximum atomic E-state index is 8.65. The second-order valence-electron chi connectivity index (χ2n) is 5.14.